The summed E-state index contributed by atoms with van der Waals surface area (Å²) in [5.41, 5.74) is 0.479. The minimum absolute atomic E-state index is 0.0633. The molecule has 1 amide bonds. The molecule has 0 radical (unpaired) electrons. The molecule has 6 nitrogen and oxygen atoms in total. The summed E-state index contributed by atoms with van der Waals surface area (Å²) in [5.74, 6) is -0.966. The molecule has 2 N–H and O–H groups in total. The van der Waals surface area contributed by atoms with Gasteiger partial charge < -0.3 is 19.9 Å². The Morgan fingerprint density at radius 2 is 1.87 bits per heavy atom. The zero-order chi connectivity index (χ0) is 16.8. The first kappa shape index (κ1) is 16.6. The Bertz CT molecular complexity index is 715. The maximum absolute atomic E-state index is 11.8. The van der Waals surface area contributed by atoms with E-state index in [2.05, 4.69) is 5.32 Å². The van der Waals surface area contributed by atoms with Crippen LogP contribution in [0.4, 0.5) is 5.69 Å². The number of anilines is 1. The number of esters is 1. The summed E-state index contributed by atoms with van der Waals surface area (Å²) in [6.07, 6.45) is 0. The second-order valence-corrected chi connectivity index (χ2v) is 4.95. The van der Waals surface area contributed by atoms with Crippen molar-refractivity contribution >= 4 is 29.2 Å². The van der Waals surface area contributed by atoms with Gasteiger partial charge in [-0.2, -0.15) is 0 Å². The number of halogens is 1. The van der Waals surface area contributed by atoms with Crippen LogP contribution in [0.1, 0.15) is 10.4 Å². The van der Waals surface area contributed by atoms with Crippen molar-refractivity contribution in [1.82, 2.24) is 0 Å². The molecular weight excluding hydrogens is 322 g/mol. The number of amides is 1. The molecule has 0 saturated heterocycles. The second kappa shape index (κ2) is 7.51. The standard InChI is InChI=1S/C16H14ClNO5/c1-22-12-5-3-11(4-6-12)18-15(20)9-23-16(21)13-7-2-10(17)8-14(13)19/h2-8,19H,9H2,1H3,(H,18,20). The third-order valence-corrected chi connectivity index (χ3v) is 3.12. The van der Waals surface area contributed by atoms with Gasteiger partial charge in [0.2, 0.25) is 0 Å². The first-order chi connectivity index (χ1) is 11.0. The van der Waals surface area contributed by atoms with Crippen molar-refractivity contribution in [2.45, 2.75) is 0 Å². The molecule has 2 rings (SSSR count). The van der Waals surface area contributed by atoms with E-state index >= 15 is 0 Å². The zero-order valence-electron chi connectivity index (χ0n) is 12.2. The van der Waals surface area contributed by atoms with Crippen LogP contribution in [0.3, 0.4) is 0 Å². The van der Waals surface area contributed by atoms with Crippen LogP contribution >= 0.6 is 11.6 Å². The highest BCUT2D eigenvalue weighted by atomic mass is 35.5. The molecule has 0 saturated carbocycles. The number of hydrogen-bond donors (Lipinski definition) is 2. The number of carbonyl (C=O) groups excluding carboxylic acids is 2. The van der Waals surface area contributed by atoms with Crippen molar-refractivity contribution in [2.24, 2.45) is 0 Å². The third-order valence-electron chi connectivity index (χ3n) is 2.89. The number of ether oxygens (including phenoxy) is 2. The molecule has 0 aliphatic rings. The van der Waals surface area contributed by atoms with Crippen molar-refractivity contribution in [2.75, 3.05) is 19.0 Å². The summed E-state index contributed by atoms with van der Waals surface area (Å²) in [4.78, 5) is 23.5. The van der Waals surface area contributed by atoms with Gasteiger partial charge in [-0.15, -0.1) is 0 Å². The van der Waals surface area contributed by atoms with Crippen LogP contribution in [0.15, 0.2) is 42.5 Å². The van der Waals surface area contributed by atoms with Crippen LogP contribution in [-0.4, -0.2) is 30.7 Å². The molecule has 0 spiro atoms. The quantitative estimate of drug-likeness (QED) is 0.821. The molecule has 0 fully saturated rings. The SMILES string of the molecule is COc1ccc(NC(=O)COC(=O)c2ccc(Cl)cc2O)cc1. The van der Waals surface area contributed by atoms with Gasteiger partial charge in [0.25, 0.3) is 5.91 Å². The number of carbonyl (C=O) groups is 2. The van der Waals surface area contributed by atoms with E-state index in [1.54, 1.807) is 31.4 Å². The van der Waals surface area contributed by atoms with Crippen molar-refractivity contribution in [1.29, 1.82) is 0 Å². The van der Waals surface area contributed by atoms with E-state index < -0.39 is 18.5 Å². The predicted molar refractivity (Wildman–Crippen MR) is 85.0 cm³/mol. The highest BCUT2D eigenvalue weighted by Gasteiger charge is 2.14. The Hall–Kier alpha value is -2.73. The minimum Gasteiger partial charge on any atom is -0.507 e. The van der Waals surface area contributed by atoms with Gasteiger partial charge in [-0.3, -0.25) is 4.79 Å². The third kappa shape index (κ3) is 4.62. The Morgan fingerprint density at radius 3 is 2.48 bits per heavy atom. The normalized spacial score (nSPS) is 10.0. The van der Waals surface area contributed by atoms with Crippen LogP contribution in [0.5, 0.6) is 11.5 Å². The van der Waals surface area contributed by atoms with Crippen molar-refractivity contribution < 1.29 is 24.2 Å². The monoisotopic (exact) mass is 335 g/mol. The smallest absolute Gasteiger partial charge is 0.342 e. The van der Waals surface area contributed by atoms with Gasteiger partial charge in [0.05, 0.1) is 7.11 Å². The van der Waals surface area contributed by atoms with Gasteiger partial charge in [0, 0.05) is 10.7 Å². The van der Waals surface area contributed by atoms with Crippen molar-refractivity contribution in [3.8, 4) is 11.5 Å². The average Bonchev–Trinajstić information content (AvgIpc) is 2.53. The fraction of sp³-hybridized carbons (Fsp3) is 0.125. The average molecular weight is 336 g/mol. The number of nitrogens with one attached hydrogen (secondary N) is 1. The fourth-order valence-electron chi connectivity index (χ4n) is 1.76. The summed E-state index contributed by atoms with van der Waals surface area (Å²) in [6, 6.07) is 10.7. The van der Waals surface area contributed by atoms with Crippen molar-refractivity contribution in [3.05, 3.63) is 53.1 Å². The maximum Gasteiger partial charge on any atom is 0.342 e. The highest BCUT2D eigenvalue weighted by Crippen LogP contribution is 2.22. The first-order valence-corrected chi connectivity index (χ1v) is 6.97. The lowest BCUT2D eigenvalue weighted by Gasteiger charge is -2.08. The molecule has 0 aliphatic carbocycles. The molecule has 23 heavy (non-hydrogen) atoms. The van der Waals surface area contributed by atoms with E-state index in [4.69, 9.17) is 21.1 Å². The lowest BCUT2D eigenvalue weighted by atomic mass is 10.2. The molecule has 2 aromatic rings. The topological polar surface area (TPSA) is 84.9 Å². The molecule has 0 atom stereocenters. The highest BCUT2D eigenvalue weighted by molar-refractivity contribution is 6.30. The van der Waals surface area contributed by atoms with Crippen LogP contribution < -0.4 is 10.1 Å². The number of methoxy groups -OCH3 is 1. The predicted octanol–water partition coefficient (Wildman–Crippen LogP) is 2.85. The summed E-state index contributed by atoms with van der Waals surface area (Å²) in [5, 5.41) is 12.5. The Labute approximate surface area is 137 Å². The minimum atomic E-state index is -0.816. The molecule has 0 bridgehead atoms. The lowest BCUT2D eigenvalue weighted by Crippen LogP contribution is -2.20. The first-order valence-electron chi connectivity index (χ1n) is 6.59. The van der Waals surface area contributed by atoms with E-state index in [1.807, 2.05) is 0 Å². The lowest BCUT2D eigenvalue weighted by molar-refractivity contribution is -0.119. The van der Waals surface area contributed by atoms with E-state index in [1.165, 1.54) is 18.2 Å². The van der Waals surface area contributed by atoms with E-state index in [-0.39, 0.29) is 16.3 Å². The van der Waals surface area contributed by atoms with E-state index in [0.717, 1.165) is 0 Å². The largest absolute Gasteiger partial charge is 0.507 e. The van der Waals surface area contributed by atoms with E-state index in [9.17, 15) is 14.7 Å². The van der Waals surface area contributed by atoms with Gasteiger partial charge in [-0.1, -0.05) is 11.6 Å². The van der Waals surface area contributed by atoms with Crippen LogP contribution in [0, 0.1) is 0 Å². The number of benzene rings is 2. The van der Waals surface area contributed by atoms with Gasteiger partial charge in [-0.05, 0) is 42.5 Å². The van der Waals surface area contributed by atoms with Gasteiger partial charge in [0.15, 0.2) is 6.61 Å². The number of hydrogen-bond acceptors (Lipinski definition) is 5. The Morgan fingerprint density at radius 1 is 1.17 bits per heavy atom. The molecule has 0 heterocycles. The molecule has 120 valence electrons. The molecule has 2 aromatic carbocycles. The van der Waals surface area contributed by atoms with Gasteiger partial charge >= 0.3 is 5.97 Å². The number of phenols is 1. The summed E-state index contributed by atoms with van der Waals surface area (Å²) in [7, 11) is 1.54. The number of rotatable bonds is 5. The maximum atomic E-state index is 11.8. The van der Waals surface area contributed by atoms with Crippen LogP contribution in [0.25, 0.3) is 0 Å². The van der Waals surface area contributed by atoms with E-state index in [0.29, 0.717) is 11.4 Å². The summed E-state index contributed by atoms with van der Waals surface area (Å²) < 4.78 is 9.86. The van der Waals surface area contributed by atoms with Gasteiger partial charge in [0.1, 0.15) is 17.1 Å². The second-order valence-electron chi connectivity index (χ2n) is 4.51. The summed E-state index contributed by atoms with van der Waals surface area (Å²) >= 11 is 5.68. The van der Waals surface area contributed by atoms with Crippen LogP contribution in [-0.2, 0) is 9.53 Å². The molecule has 0 aliphatic heterocycles. The van der Waals surface area contributed by atoms with Gasteiger partial charge in [-0.25, -0.2) is 4.79 Å². The Kier molecular flexibility index (Phi) is 5.43. The molecule has 0 unspecified atom stereocenters. The van der Waals surface area contributed by atoms with Crippen LogP contribution in [0.2, 0.25) is 5.02 Å². The Balaban J connectivity index is 1.89. The zero-order valence-corrected chi connectivity index (χ0v) is 13.0. The summed E-state index contributed by atoms with van der Waals surface area (Å²) in [6.45, 7) is -0.479. The molecular formula is C16H14ClNO5. The van der Waals surface area contributed by atoms with Crippen molar-refractivity contribution in [3.63, 3.8) is 0 Å². The number of phenolic OH excluding ortho intramolecular Hbond substituents is 1. The molecule has 0 aromatic heterocycles. The molecule has 7 heteroatoms. The fourth-order valence-corrected chi connectivity index (χ4v) is 1.92. The number of aromatic hydroxyl groups is 1.